The first-order valence-corrected chi connectivity index (χ1v) is 2.07. The van der Waals surface area contributed by atoms with Crippen molar-refractivity contribution in [1.29, 1.82) is 0 Å². The van der Waals surface area contributed by atoms with Gasteiger partial charge < -0.3 is 0 Å². The summed E-state index contributed by atoms with van der Waals surface area (Å²) < 4.78 is 23.7. The zero-order chi connectivity index (χ0) is 5.98. The molecule has 44 valence electrons. The molecule has 1 heterocycles. The van der Waals surface area contributed by atoms with E-state index in [1.807, 2.05) is 0 Å². The minimum atomic E-state index is -1.05. The molecule has 0 unspecified atom stereocenters. The van der Waals surface area contributed by atoms with Crippen molar-refractivity contribution in [3.63, 3.8) is 0 Å². The number of pyridine rings is 1. The quantitative estimate of drug-likeness (QED) is 0.365. The Morgan fingerprint density at radius 3 is 2.33 bits per heavy atom. The van der Waals surface area contributed by atoms with E-state index in [0.717, 1.165) is 6.07 Å². The van der Waals surface area contributed by atoms with Crippen LogP contribution in [0.1, 0.15) is 0 Å². The van der Waals surface area contributed by atoms with E-state index in [0.29, 0.717) is 0 Å². The maximum absolute atomic E-state index is 11.9. The van der Waals surface area contributed by atoms with Crippen molar-refractivity contribution < 1.29 is 8.78 Å². The van der Waals surface area contributed by atoms with Crippen LogP contribution < -0.4 is 0 Å². The van der Waals surface area contributed by atoms with E-state index in [9.17, 15) is 8.78 Å². The first kappa shape index (κ1) is 8.61. The van der Waals surface area contributed by atoms with Crippen molar-refractivity contribution in [2.75, 3.05) is 0 Å². The molecule has 0 aliphatic heterocycles. The van der Waals surface area contributed by atoms with Gasteiger partial charge >= 0.3 is 18.9 Å². The van der Waals surface area contributed by atoms with Crippen molar-refractivity contribution in [2.45, 2.75) is 0 Å². The molecule has 0 spiro atoms. The molecule has 0 saturated carbocycles. The number of nitrogens with zero attached hydrogens (tertiary/aromatic N) is 1. The van der Waals surface area contributed by atoms with Crippen LogP contribution >= 0.6 is 0 Å². The van der Waals surface area contributed by atoms with Gasteiger partial charge in [0.2, 0.25) is 5.95 Å². The van der Waals surface area contributed by atoms with Gasteiger partial charge in [0.05, 0.1) is 0 Å². The maximum atomic E-state index is 11.9. The van der Waals surface area contributed by atoms with Crippen LogP contribution in [0.15, 0.2) is 18.3 Å². The summed E-state index contributed by atoms with van der Waals surface area (Å²) >= 11 is 0. The Morgan fingerprint density at radius 1 is 1.33 bits per heavy atom. The first-order valence-electron chi connectivity index (χ1n) is 2.07. The molecule has 1 aromatic rings. The van der Waals surface area contributed by atoms with Crippen LogP contribution in [0.25, 0.3) is 0 Å². The Kier molecular flexibility index (Phi) is 3.44. The van der Waals surface area contributed by atoms with Crippen molar-refractivity contribution in [3.05, 3.63) is 30.1 Å². The summed E-state index contributed by atoms with van der Waals surface area (Å²) in [6.07, 6.45) is 1.19. The summed E-state index contributed by atoms with van der Waals surface area (Å²) in [5.74, 6) is -1.96. The molecule has 4 heteroatoms. The van der Waals surface area contributed by atoms with E-state index in [-0.39, 0.29) is 18.9 Å². The van der Waals surface area contributed by atoms with Gasteiger partial charge in [0.15, 0.2) is 5.82 Å². The van der Waals surface area contributed by atoms with Gasteiger partial charge in [-0.05, 0) is 12.1 Å². The molecule has 0 radical (unpaired) electrons. The Balaban J connectivity index is 0.000000640. The van der Waals surface area contributed by atoms with Crippen molar-refractivity contribution in [3.8, 4) is 0 Å². The Hall–Kier alpha value is -0.393. The van der Waals surface area contributed by atoms with Crippen molar-refractivity contribution in [1.82, 2.24) is 4.98 Å². The van der Waals surface area contributed by atoms with Gasteiger partial charge in [0.1, 0.15) is 0 Å². The van der Waals surface area contributed by atoms with Crippen LogP contribution in [-0.4, -0.2) is 23.8 Å². The molecule has 0 bridgehead atoms. The van der Waals surface area contributed by atoms with Gasteiger partial charge in [-0.2, -0.15) is 4.39 Å². The fraction of sp³-hybridized carbons (Fsp3) is 0. The monoisotopic (exact) mass is 123 g/mol. The van der Waals surface area contributed by atoms with Crippen molar-refractivity contribution in [2.24, 2.45) is 0 Å². The second-order valence-corrected chi connectivity index (χ2v) is 1.28. The average Bonchev–Trinajstić information content (AvgIpc) is 1.77. The molecule has 1 nitrogen and oxygen atoms in total. The topological polar surface area (TPSA) is 12.9 Å². The molecular formula is C5H4F2LiN. The summed E-state index contributed by atoms with van der Waals surface area (Å²) in [5.41, 5.74) is 0. The van der Waals surface area contributed by atoms with E-state index in [4.69, 9.17) is 0 Å². The van der Waals surface area contributed by atoms with E-state index < -0.39 is 11.8 Å². The number of aromatic nitrogens is 1. The summed E-state index contributed by atoms with van der Waals surface area (Å²) in [6, 6.07) is 2.35. The van der Waals surface area contributed by atoms with Gasteiger partial charge in [-0.25, -0.2) is 9.37 Å². The van der Waals surface area contributed by atoms with E-state index in [1.54, 1.807) is 0 Å². The molecule has 0 saturated heterocycles. The molecule has 1 aromatic heterocycles. The van der Waals surface area contributed by atoms with Gasteiger partial charge in [0, 0.05) is 6.20 Å². The fourth-order valence-electron chi connectivity index (χ4n) is 0.366. The third-order valence-electron chi connectivity index (χ3n) is 0.714. The molecule has 9 heavy (non-hydrogen) atoms. The second kappa shape index (κ2) is 3.60. The standard InChI is InChI=1S/C5H3F2N.Li.H/c6-4-2-1-3-8-5(4)7;;/h1-3H;;. The van der Waals surface area contributed by atoms with E-state index >= 15 is 0 Å². The Morgan fingerprint density at radius 2 is 2.00 bits per heavy atom. The first-order chi connectivity index (χ1) is 3.80. The van der Waals surface area contributed by atoms with Crippen LogP contribution in [-0.2, 0) is 0 Å². The van der Waals surface area contributed by atoms with Crippen LogP contribution in [0.5, 0.6) is 0 Å². The summed E-state index contributed by atoms with van der Waals surface area (Å²) in [4.78, 5) is 3.04. The zero-order valence-corrected chi connectivity index (χ0v) is 3.94. The molecular weight excluding hydrogens is 119 g/mol. The number of hydrogen-bond acceptors (Lipinski definition) is 1. The molecule has 0 fully saturated rings. The fourth-order valence-corrected chi connectivity index (χ4v) is 0.366. The number of halogens is 2. The van der Waals surface area contributed by atoms with Gasteiger partial charge in [-0.15, -0.1) is 0 Å². The SMILES string of the molecule is Fc1cccnc1F.[LiH]. The molecule has 0 aliphatic rings. The molecule has 0 atom stereocenters. The Bertz CT molecular complexity index is 171. The predicted octanol–water partition coefficient (Wildman–Crippen LogP) is 0.711. The van der Waals surface area contributed by atoms with Crippen molar-refractivity contribution >= 4 is 18.9 Å². The number of hydrogen-bond donors (Lipinski definition) is 0. The predicted molar refractivity (Wildman–Crippen MR) is 31.3 cm³/mol. The van der Waals surface area contributed by atoms with Crippen LogP contribution in [0.4, 0.5) is 8.78 Å². The van der Waals surface area contributed by atoms with Gasteiger partial charge in [-0.3, -0.25) is 0 Å². The van der Waals surface area contributed by atoms with E-state index in [2.05, 4.69) is 4.98 Å². The van der Waals surface area contributed by atoms with Crippen LogP contribution in [0.3, 0.4) is 0 Å². The summed E-state index contributed by atoms with van der Waals surface area (Å²) in [7, 11) is 0. The molecule has 0 aromatic carbocycles. The molecule has 0 aliphatic carbocycles. The third kappa shape index (κ3) is 2.13. The van der Waals surface area contributed by atoms with Gasteiger partial charge in [-0.1, -0.05) is 0 Å². The average molecular weight is 123 g/mol. The zero-order valence-electron chi connectivity index (χ0n) is 3.94. The molecule has 1 rings (SSSR count). The molecule has 0 amide bonds. The van der Waals surface area contributed by atoms with Gasteiger partial charge in [0.25, 0.3) is 0 Å². The summed E-state index contributed by atoms with van der Waals surface area (Å²) in [6.45, 7) is 0. The molecule has 0 N–H and O–H groups in total. The summed E-state index contributed by atoms with van der Waals surface area (Å²) in [5, 5.41) is 0. The van der Waals surface area contributed by atoms with Crippen LogP contribution in [0.2, 0.25) is 0 Å². The second-order valence-electron chi connectivity index (χ2n) is 1.28. The van der Waals surface area contributed by atoms with Crippen LogP contribution in [0, 0.1) is 11.8 Å². The normalized spacial score (nSPS) is 8.22. The minimum absolute atomic E-state index is 0. The third-order valence-corrected chi connectivity index (χ3v) is 0.714. The Labute approximate surface area is 63.3 Å². The van der Waals surface area contributed by atoms with E-state index in [1.165, 1.54) is 12.3 Å². The number of rotatable bonds is 0.